The molecule has 0 aliphatic heterocycles. The van der Waals surface area contributed by atoms with Gasteiger partial charge in [-0.2, -0.15) is 5.26 Å². The van der Waals surface area contributed by atoms with E-state index in [0.29, 0.717) is 12.4 Å². The van der Waals surface area contributed by atoms with Crippen molar-refractivity contribution in [1.82, 2.24) is 5.32 Å². The van der Waals surface area contributed by atoms with Gasteiger partial charge in [0.1, 0.15) is 17.6 Å². The highest BCUT2D eigenvalue weighted by molar-refractivity contribution is 5.41. The molecule has 0 amide bonds. The predicted octanol–water partition coefficient (Wildman–Crippen LogP) is 2.88. The predicted molar refractivity (Wildman–Crippen MR) is 75.3 cm³/mol. The summed E-state index contributed by atoms with van der Waals surface area (Å²) in [7, 11) is 0. The third kappa shape index (κ3) is 5.19. The standard InChI is InChI=1S/C15H22N2O2/c1-4-8-18-14-7-6-13(11-17-5-2)15(9-14)19-12(3)10-16/h6-7,9,12,17H,4-5,8,11H2,1-3H3. The van der Waals surface area contributed by atoms with Crippen LogP contribution in [0.1, 0.15) is 32.8 Å². The molecule has 4 nitrogen and oxygen atoms in total. The highest BCUT2D eigenvalue weighted by atomic mass is 16.5. The molecule has 1 N–H and O–H groups in total. The molecule has 1 aromatic rings. The van der Waals surface area contributed by atoms with E-state index in [2.05, 4.69) is 25.2 Å². The average Bonchev–Trinajstić information content (AvgIpc) is 2.43. The van der Waals surface area contributed by atoms with E-state index < -0.39 is 6.10 Å². The molecule has 0 saturated heterocycles. The van der Waals surface area contributed by atoms with E-state index in [1.165, 1.54) is 0 Å². The van der Waals surface area contributed by atoms with Gasteiger partial charge in [0.25, 0.3) is 0 Å². The quantitative estimate of drug-likeness (QED) is 0.782. The first-order valence-corrected chi connectivity index (χ1v) is 6.74. The Kier molecular flexibility index (Phi) is 6.76. The molecule has 1 aromatic carbocycles. The number of hydrogen-bond donors (Lipinski definition) is 1. The maximum Gasteiger partial charge on any atom is 0.181 e. The smallest absolute Gasteiger partial charge is 0.181 e. The Balaban J connectivity index is 2.87. The number of nitrogens with one attached hydrogen (secondary N) is 1. The third-order valence-corrected chi connectivity index (χ3v) is 2.56. The van der Waals surface area contributed by atoms with Crippen LogP contribution in [0.4, 0.5) is 0 Å². The Morgan fingerprint density at radius 1 is 1.37 bits per heavy atom. The van der Waals surface area contributed by atoms with Crippen molar-refractivity contribution in [3.63, 3.8) is 0 Å². The van der Waals surface area contributed by atoms with E-state index in [0.717, 1.165) is 30.8 Å². The average molecular weight is 262 g/mol. The van der Waals surface area contributed by atoms with Crippen LogP contribution in [0.5, 0.6) is 11.5 Å². The molecule has 0 aromatic heterocycles. The number of hydrogen-bond acceptors (Lipinski definition) is 4. The number of ether oxygens (including phenoxy) is 2. The van der Waals surface area contributed by atoms with E-state index in [9.17, 15) is 0 Å². The zero-order chi connectivity index (χ0) is 14.1. The molecule has 0 saturated carbocycles. The minimum atomic E-state index is -0.471. The molecule has 0 radical (unpaired) electrons. The first kappa shape index (κ1) is 15.3. The fourth-order valence-electron chi connectivity index (χ4n) is 1.58. The van der Waals surface area contributed by atoms with Crippen molar-refractivity contribution in [2.45, 2.75) is 39.8 Å². The summed E-state index contributed by atoms with van der Waals surface area (Å²) in [6.07, 6.45) is 0.492. The van der Waals surface area contributed by atoms with Crippen molar-refractivity contribution in [3.8, 4) is 17.6 Å². The fraction of sp³-hybridized carbons (Fsp3) is 0.533. The molecule has 19 heavy (non-hydrogen) atoms. The van der Waals surface area contributed by atoms with Gasteiger partial charge in [0, 0.05) is 18.2 Å². The van der Waals surface area contributed by atoms with Crippen molar-refractivity contribution < 1.29 is 9.47 Å². The van der Waals surface area contributed by atoms with Gasteiger partial charge in [-0.1, -0.05) is 19.9 Å². The Morgan fingerprint density at radius 2 is 2.16 bits per heavy atom. The van der Waals surface area contributed by atoms with E-state index in [1.807, 2.05) is 18.2 Å². The summed E-state index contributed by atoms with van der Waals surface area (Å²) in [6.45, 7) is 8.14. The van der Waals surface area contributed by atoms with Crippen LogP contribution in [0.25, 0.3) is 0 Å². The lowest BCUT2D eigenvalue weighted by molar-refractivity contribution is 0.268. The number of nitriles is 1. The highest BCUT2D eigenvalue weighted by Crippen LogP contribution is 2.26. The van der Waals surface area contributed by atoms with Gasteiger partial charge in [-0.3, -0.25) is 0 Å². The van der Waals surface area contributed by atoms with Crippen molar-refractivity contribution in [2.75, 3.05) is 13.2 Å². The SMILES string of the molecule is CCCOc1ccc(CNCC)c(OC(C)C#N)c1. The van der Waals surface area contributed by atoms with Gasteiger partial charge in [0.2, 0.25) is 0 Å². The zero-order valence-corrected chi connectivity index (χ0v) is 11.9. The van der Waals surface area contributed by atoms with Crippen molar-refractivity contribution >= 4 is 0 Å². The molecular weight excluding hydrogens is 240 g/mol. The largest absolute Gasteiger partial charge is 0.493 e. The van der Waals surface area contributed by atoms with Gasteiger partial charge in [0.15, 0.2) is 6.10 Å². The lowest BCUT2D eigenvalue weighted by Crippen LogP contribution is -2.15. The second-order valence-electron chi connectivity index (χ2n) is 4.29. The van der Waals surface area contributed by atoms with Gasteiger partial charge in [-0.05, 0) is 26.0 Å². The Labute approximate surface area is 115 Å². The van der Waals surface area contributed by atoms with Crippen LogP contribution >= 0.6 is 0 Å². The van der Waals surface area contributed by atoms with Crippen LogP contribution in [0.15, 0.2) is 18.2 Å². The molecule has 0 spiro atoms. The molecule has 0 fully saturated rings. The Morgan fingerprint density at radius 3 is 2.79 bits per heavy atom. The van der Waals surface area contributed by atoms with Crippen molar-refractivity contribution in [3.05, 3.63) is 23.8 Å². The summed E-state index contributed by atoms with van der Waals surface area (Å²) in [4.78, 5) is 0. The van der Waals surface area contributed by atoms with E-state index in [4.69, 9.17) is 14.7 Å². The summed E-state index contributed by atoms with van der Waals surface area (Å²) >= 11 is 0. The van der Waals surface area contributed by atoms with Crippen molar-refractivity contribution in [1.29, 1.82) is 5.26 Å². The van der Waals surface area contributed by atoms with Gasteiger partial charge in [-0.25, -0.2) is 0 Å². The molecule has 1 unspecified atom stereocenters. The fourth-order valence-corrected chi connectivity index (χ4v) is 1.58. The second kappa shape index (κ2) is 8.39. The summed E-state index contributed by atoms with van der Waals surface area (Å²) in [6, 6.07) is 7.85. The summed E-state index contributed by atoms with van der Waals surface area (Å²) in [5.74, 6) is 1.49. The van der Waals surface area contributed by atoms with Gasteiger partial charge < -0.3 is 14.8 Å². The topological polar surface area (TPSA) is 54.3 Å². The summed E-state index contributed by atoms with van der Waals surface area (Å²) < 4.78 is 11.2. The molecular formula is C15H22N2O2. The monoisotopic (exact) mass is 262 g/mol. The first-order chi connectivity index (χ1) is 9.21. The minimum Gasteiger partial charge on any atom is -0.493 e. The van der Waals surface area contributed by atoms with Gasteiger partial charge in [-0.15, -0.1) is 0 Å². The first-order valence-electron chi connectivity index (χ1n) is 6.74. The molecule has 0 bridgehead atoms. The molecule has 4 heteroatoms. The highest BCUT2D eigenvalue weighted by Gasteiger charge is 2.09. The molecule has 1 atom stereocenters. The number of nitrogens with zero attached hydrogens (tertiary/aromatic N) is 1. The third-order valence-electron chi connectivity index (χ3n) is 2.56. The van der Waals surface area contributed by atoms with Crippen LogP contribution in [0.2, 0.25) is 0 Å². The van der Waals surface area contributed by atoms with Crippen LogP contribution in [0.3, 0.4) is 0 Å². The maximum atomic E-state index is 8.85. The van der Waals surface area contributed by atoms with E-state index >= 15 is 0 Å². The molecule has 104 valence electrons. The van der Waals surface area contributed by atoms with Crippen molar-refractivity contribution in [2.24, 2.45) is 0 Å². The lowest BCUT2D eigenvalue weighted by atomic mass is 10.2. The van der Waals surface area contributed by atoms with Crippen LogP contribution in [0, 0.1) is 11.3 Å². The second-order valence-corrected chi connectivity index (χ2v) is 4.29. The zero-order valence-electron chi connectivity index (χ0n) is 11.9. The Bertz CT molecular complexity index is 427. The number of rotatable bonds is 8. The summed E-state index contributed by atoms with van der Waals surface area (Å²) in [5.41, 5.74) is 1.03. The minimum absolute atomic E-state index is 0.471. The van der Waals surface area contributed by atoms with Crippen LogP contribution < -0.4 is 14.8 Å². The van der Waals surface area contributed by atoms with Gasteiger partial charge in [0.05, 0.1) is 6.61 Å². The molecule has 1 rings (SSSR count). The maximum absolute atomic E-state index is 8.85. The molecule has 0 aliphatic rings. The summed E-state index contributed by atoms with van der Waals surface area (Å²) in [5, 5.41) is 12.1. The van der Waals surface area contributed by atoms with E-state index in [-0.39, 0.29) is 0 Å². The number of benzene rings is 1. The lowest BCUT2D eigenvalue weighted by Gasteiger charge is -2.15. The van der Waals surface area contributed by atoms with E-state index in [1.54, 1.807) is 6.92 Å². The molecule has 0 aliphatic carbocycles. The van der Waals surface area contributed by atoms with Gasteiger partial charge >= 0.3 is 0 Å². The van der Waals surface area contributed by atoms with Crippen LogP contribution in [-0.2, 0) is 6.54 Å². The molecule has 0 heterocycles. The Hall–Kier alpha value is -1.73. The van der Waals surface area contributed by atoms with Crippen LogP contribution in [-0.4, -0.2) is 19.3 Å². The normalized spacial score (nSPS) is 11.7.